The van der Waals surface area contributed by atoms with Gasteiger partial charge in [0.25, 0.3) is 0 Å². The Hall–Kier alpha value is -1.33. The summed E-state index contributed by atoms with van der Waals surface area (Å²) in [6.07, 6.45) is 0. The van der Waals surface area contributed by atoms with Gasteiger partial charge in [0.15, 0.2) is 0 Å². The van der Waals surface area contributed by atoms with Gasteiger partial charge in [-0.15, -0.1) is 0 Å². The average molecular weight is 479 g/mol. The van der Waals surface area contributed by atoms with E-state index >= 15 is 0 Å². The minimum atomic E-state index is -3.91. The topological polar surface area (TPSA) is 92.3 Å². The third kappa shape index (κ3) is 6.35. The van der Waals surface area contributed by atoms with Gasteiger partial charge in [0, 0.05) is 17.1 Å². The fourth-order valence-corrected chi connectivity index (χ4v) is 5.97. The molecule has 0 aliphatic heterocycles. The Balaban J connectivity index is 2.21. The molecule has 0 bridgehead atoms. The first kappa shape index (κ1) is 22.0. The number of benzene rings is 2. The molecule has 6 nitrogen and oxygen atoms in total. The lowest BCUT2D eigenvalue weighted by Crippen LogP contribution is -2.32. The molecule has 0 spiro atoms. The van der Waals surface area contributed by atoms with Crippen molar-refractivity contribution in [2.75, 3.05) is 0 Å². The maximum absolute atomic E-state index is 13.2. The molecule has 0 fully saturated rings. The van der Waals surface area contributed by atoms with Gasteiger partial charge < -0.3 is 0 Å². The summed E-state index contributed by atoms with van der Waals surface area (Å²) in [6.45, 7) is 3.34. The molecule has 27 heavy (non-hydrogen) atoms. The summed E-state index contributed by atoms with van der Waals surface area (Å²) in [4.78, 5) is -0.101. The highest BCUT2D eigenvalue weighted by Crippen LogP contribution is 2.23. The van der Waals surface area contributed by atoms with Crippen LogP contribution in [-0.4, -0.2) is 22.9 Å². The molecule has 10 heteroatoms. The molecular weight excluding hydrogens is 459 g/mol. The maximum Gasteiger partial charge on any atom is 0.241 e. The fraction of sp³-hybridized carbons (Fsp3) is 0.294. The second-order valence-corrected chi connectivity index (χ2v) is 10.5. The van der Waals surface area contributed by atoms with E-state index in [4.69, 9.17) is 0 Å². The van der Waals surface area contributed by atoms with Crippen molar-refractivity contribution in [1.82, 2.24) is 9.44 Å². The summed E-state index contributed by atoms with van der Waals surface area (Å²) < 4.78 is 67.5. The second-order valence-electron chi connectivity index (χ2n) is 6.20. The van der Waals surface area contributed by atoms with Gasteiger partial charge in [0.1, 0.15) is 5.82 Å². The number of nitrogens with one attached hydrogen (secondary N) is 2. The summed E-state index contributed by atoms with van der Waals surface area (Å²) in [7, 11) is -7.46. The number of halogens is 2. The van der Waals surface area contributed by atoms with Crippen LogP contribution in [0.3, 0.4) is 0 Å². The number of hydrogen-bond acceptors (Lipinski definition) is 4. The van der Waals surface area contributed by atoms with Crippen molar-refractivity contribution in [1.29, 1.82) is 0 Å². The van der Waals surface area contributed by atoms with Crippen molar-refractivity contribution in [2.24, 2.45) is 0 Å². The van der Waals surface area contributed by atoms with Crippen LogP contribution in [0.1, 0.15) is 25.0 Å². The van der Waals surface area contributed by atoms with E-state index in [-0.39, 0.29) is 27.7 Å². The summed E-state index contributed by atoms with van der Waals surface area (Å²) in [6, 6.07) is 9.71. The van der Waals surface area contributed by atoms with E-state index in [1.165, 1.54) is 0 Å². The van der Waals surface area contributed by atoms with Crippen LogP contribution < -0.4 is 9.44 Å². The zero-order valence-corrected chi connectivity index (χ0v) is 18.0. The smallest absolute Gasteiger partial charge is 0.212 e. The third-order valence-corrected chi connectivity index (χ3v) is 7.41. The molecule has 0 saturated carbocycles. The van der Waals surface area contributed by atoms with Crippen LogP contribution in [0.15, 0.2) is 51.8 Å². The minimum absolute atomic E-state index is 0.0977. The van der Waals surface area contributed by atoms with Crippen LogP contribution in [0.25, 0.3) is 0 Å². The molecule has 0 atom stereocenters. The van der Waals surface area contributed by atoms with Crippen molar-refractivity contribution in [3.05, 3.63) is 63.9 Å². The monoisotopic (exact) mass is 478 g/mol. The number of rotatable bonds is 8. The molecule has 0 heterocycles. The molecule has 2 N–H and O–H groups in total. The minimum Gasteiger partial charge on any atom is -0.212 e. The zero-order chi connectivity index (χ0) is 20.2. The Bertz CT molecular complexity index is 1020. The molecule has 0 saturated heterocycles. The first-order valence-corrected chi connectivity index (χ1v) is 11.9. The van der Waals surface area contributed by atoms with Crippen molar-refractivity contribution in [2.45, 2.75) is 37.1 Å². The molecule has 148 valence electrons. The zero-order valence-electron chi connectivity index (χ0n) is 14.7. The predicted molar refractivity (Wildman–Crippen MR) is 105 cm³/mol. The standard InChI is InChI=1S/C17H20BrFN2O4S2/c1-12(2)21-26(22,23)11-14-6-4-3-5-13(14)10-20-27(24,25)17-8-7-15(19)9-16(17)18/h3-9,12,20-21H,10-11H2,1-2H3. The van der Waals surface area contributed by atoms with Gasteiger partial charge in [-0.3, -0.25) is 0 Å². The first-order valence-electron chi connectivity index (χ1n) is 8.02. The summed E-state index contributed by atoms with van der Waals surface area (Å²) in [5.41, 5.74) is 1.03. The van der Waals surface area contributed by atoms with Crippen LogP contribution in [-0.2, 0) is 32.3 Å². The van der Waals surface area contributed by atoms with E-state index < -0.39 is 25.9 Å². The maximum atomic E-state index is 13.2. The molecule has 0 amide bonds. The predicted octanol–water partition coefficient (Wildman–Crippen LogP) is 2.89. The Morgan fingerprint density at radius 1 is 1.04 bits per heavy atom. The lowest BCUT2D eigenvalue weighted by molar-refractivity contribution is 0.568. The lowest BCUT2D eigenvalue weighted by atomic mass is 10.1. The highest BCUT2D eigenvalue weighted by atomic mass is 79.9. The van der Waals surface area contributed by atoms with Crippen LogP contribution >= 0.6 is 15.9 Å². The SMILES string of the molecule is CC(C)NS(=O)(=O)Cc1ccccc1CNS(=O)(=O)c1ccc(F)cc1Br. The molecule has 0 aromatic heterocycles. The van der Waals surface area contributed by atoms with Gasteiger partial charge >= 0.3 is 0 Å². The van der Waals surface area contributed by atoms with Gasteiger partial charge in [-0.05, 0) is 59.1 Å². The van der Waals surface area contributed by atoms with Gasteiger partial charge in [0.2, 0.25) is 20.0 Å². The summed E-state index contributed by atoms with van der Waals surface area (Å²) in [5, 5.41) is 0. The molecule has 0 radical (unpaired) electrons. The molecule has 0 aliphatic rings. The Morgan fingerprint density at radius 3 is 2.26 bits per heavy atom. The van der Waals surface area contributed by atoms with E-state index in [1.54, 1.807) is 38.1 Å². The van der Waals surface area contributed by atoms with Crippen LogP contribution in [0.5, 0.6) is 0 Å². The van der Waals surface area contributed by atoms with Crippen LogP contribution in [0, 0.1) is 5.82 Å². The molecular formula is C17H20BrFN2O4S2. The van der Waals surface area contributed by atoms with E-state index in [1.807, 2.05) is 0 Å². The fourth-order valence-electron chi connectivity index (χ4n) is 2.42. The Kier molecular flexibility index (Phi) is 7.14. The van der Waals surface area contributed by atoms with Gasteiger partial charge in [-0.2, -0.15) is 0 Å². The van der Waals surface area contributed by atoms with Gasteiger partial charge in [-0.1, -0.05) is 24.3 Å². The highest BCUT2D eigenvalue weighted by Gasteiger charge is 2.20. The van der Waals surface area contributed by atoms with Crippen molar-refractivity contribution < 1.29 is 21.2 Å². The lowest BCUT2D eigenvalue weighted by Gasteiger charge is -2.14. The number of hydrogen-bond donors (Lipinski definition) is 2. The highest BCUT2D eigenvalue weighted by molar-refractivity contribution is 9.10. The second kappa shape index (κ2) is 8.78. The normalized spacial score (nSPS) is 12.5. The average Bonchev–Trinajstić information content (AvgIpc) is 2.52. The Labute approximate surface area is 167 Å². The first-order chi connectivity index (χ1) is 12.5. The van der Waals surface area contributed by atoms with E-state index in [9.17, 15) is 21.2 Å². The van der Waals surface area contributed by atoms with Gasteiger partial charge in [0.05, 0.1) is 10.6 Å². The Morgan fingerprint density at radius 2 is 1.67 bits per heavy atom. The molecule has 0 aliphatic carbocycles. The van der Waals surface area contributed by atoms with Crippen LogP contribution in [0.4, 0.5) is 4.39 Å². The largest absolute Gasteiger partial charge is 0.241 e. The quantitative estimate of drug-likeness (QED) is 0.609. The molecule has 2 aromatic rings. The summed E-state index contributed by atoms with van der Waals surface area (Å²) in [5.74, 6) is -0.822. The van der Waals surface area contributed by atoms with Crippen LogP contribution in [0.2, 0.25) is 0 Å². The van der Waals surface area contributed by atoms with Gasteiger partial charge in [-0.25, -0.2) is 30.7 Å². The van der Waals surface area contributed by atoms with Crippen molar-refractivity contribution in [3.63, 3.8) is 0 Å². The molecule has 2 aromatic carbocycles. The number of sulfonamides is 2. The van der Waals surface area contributed by atoms with E-state index in [2.05, 4.69) is 25.4 Å². The van der Waals surface area contributed by atoms with Crippen molar-refractivity contribution >= 4 is 36.0 Å². The summed E-state index contributed by atoms with van der Waals surface area (Å²) >= 11 is 3.04. The molecule has 0 unspecified atom stereocenters. The molecule has 2 rings (SSSR count). The third-order valence-electron chi connectivity index (χ3n) is 3.52. The van der Waals surface area contributed by atoms with Crippen molar-refractivity contribution in [3.8, 4) is 0 Å². The van der Waals surface area contributed by atoms with E-state index in [0.717, 1.165) is 18.2 Å². The van der Waals surface area contributed by atoms with E-state index in [0.29, 0.717) is 11.1 Å².